The van der Waals surface area contributed by atoms with Crippen LogP contribution < -0.4 is 10.1 Å². The first-order valence-electron chi connectivity index (χ1n) is 11.4. The molecule has 2 N–H and O–H groups in total. The Hall–Kier alpha value is -3.05. The van der Waals surface area contributed by atoms with Crippen molar-refractivity contribution in [1.82, 2.24) is 25.5 Å². The summed E-state index contributed by atoms with van der Waals surface area (Å²) in [6, 6.07) is 9.70. The van der Waals surface area contributed by atoms with Crippen LogP contribution in [-0.2, 0) is 17.6 Å². The van der Waals surface area contributed by atoms with Gasteiger partial charge in [-0.25, -0.2) is 22.2 Å². The van der Waals surface area contributed by atoms with Gasteiger partial charge in [-0.15, -0.1) is 5.10 Å². The molecule has 2 aromatic carbocycles. The summed E-state index contributed by atoms with van der Waals surface area (Å²) in [5.41, 5.74) is -4.68. The van der Waals surface area contributed by atoms with Crippen LogP contribution in [0.4, 0.5) is 17.6 Å². The molecule has 3 aliphatic carbocycles. The first kappa shape index (κ1) is 22.4. The molecule has 2 bridgehead atoms. The fourth-order valence-electron chi connectivity index (χ4n) is 5.96. The lowest BCUT2D eigenvalue weighted by atomic mass is 9.30. The van der Waals surface area contributed by atoms with Crippen LogP contribution in [0.1, 0.15) is 30.4 Å². The maximum absolute atomic E-state index is 16.2. The molecule has 0 radical (unpaired) electrons. The molecule has 1 aromatic heterocycles. The number of tetrazole rings is 1. The van der Waals surface area contributed by atoms with Crippen molar-refractivity contribution in [2.24, 2.45) is 5.41 Å². The standard InChI is InChI=1S/C24H23F4N5O2/c25-16-3-6-19(20(26)7-16)23(34,13-33-14-30-31-32-33)24(27,28)22-10-21(11-22,12-22)15-1-4-17(5-2-15)35-18-8-29-9-18/h1-7,14,18,29,34H,8-13H2/t21?,22?,23-/m0/s1. The van der Waals surface area contributed by atoms with Crippen LogP contribution in [0.25, 0.3) is 0 Å². The number of rotatable bonds is 8. The Morgan fingerprint density at radius 2 is 1.80 bits per heavy atom. The molecule has 3 saturated carbocycles. The number of benzene rings is 2. The summed E-state index contributed by atoms with van der Waals surface area (Å²) in [5.74, 6) is -5.19. The molecule has 0 amide bonds. The van der Waals surface area contributed by atoms with Gasteiger partial charge in [0.2, 0.25) is 0 Å². The monoisotopic (exact) mass is 489 g/mol. The van der Waals surface area contributed by atoms with Gasteiger partial charge in [-0.2, -0.15) is 0 Å². The number of aromatic nitrogens is 4. The van der Waals surface area contributed by atoms with Gasteiger partial charge >= 0.3 is 0 Å². The zero-order valence-electron chi connectivity index (χ0n) is 18.6. The first-order chi connectivity index (χ1) is 16.7. The van der Waals surface area contributed by atoms with Crippen LogP contribution in [-0.4, -0.2) is 50.4 Å². The number of aliphatic hydroxyl groups is 1. The lowest BCUT2D eigenvalue weighted by Crippen LogP contribution is -2.76. The molecular weight excluding hydrogens is 466 g/mol. The number of ether oxygens (including phenoxy) is 1. The first-order valence-corrected chi connectivity index (χ1v) is 11.4. The molecule has 1 aliphatic heterocycles. The zero-order valence-corrected chi connectivity index (χ0v) is 18.6. The fraction of sp³-hybridized carbons (Fsp3) is 0.458. The molecule has 11 heteroatoms. The van der Waals surface area contributed by atoms with Crippen molar-refractivity contribution in [2.45, 2.75) is 48.8 Å². The molecule has 35 heavy (non-hydrogen) atoms. The minimum absolute atomic E-state index is 0.139. The topological polar surface area (TPSA) is 85.1 Å². The van der Waals surface area contributed by atoms with Gasteiger partial charge in [-0.1, -0.05) is 12.1 Å². The maximum Gasteiger partial charge on any atom is 0.287 e. The Kier molecular flexibility index (Phi) is 4.79. The maximum atomic E-state index is 16.2. The Labute approximate surface area is 198 Å². The third kappa shape index (κ3) is 3.21. The van der Waals surface area contributed by atoms with Crippen LogP contribution >= 0.6 is 0 Å². The molecule has 184 valence electrons. The van der Waals surface area contributed by atoms with E-state index in [1.165, 1.54) is 0 Å². The summed E-state index contributed by atoms with van der Waals surface area (Å²) in [4.78, 5) is 0. The van der Waals surface area contributed by atoms with E-state index in [0.717, 1.165) is 47.5 Å². The molecule has 4 aliphatic rings. The summed E-state index contributed by atoms with van der Waals surface area (Å²) in [5, 5.41) is 25.0. The van der Waals surface area contributed by atoms with Crippen LogP contribution in [0.15, 0.2) is 48.8 Å². The van der Waals surface area contributed by atoms with E-state index in [2.05, 4.69) is 20.8 Å². The predicted molar refractivity (Wildman–Crippen MR) is 115 cm³/mol. The summed E-state index contributed by atoms with van der Waals surface area (Å²) >= 11 is 0. The quantitative estimate of drug-likeness (QED) is 0.474. The van der Waals surface area contributed by atoms with E-state index < -0.39 is 46.1 Å². The minimum atomic E-state index is -3.74. The van der Waals surface area contributed by atoms with E-state index in [1.807, 2.05) is 24.3 Å². The number of nitrogens with one attached hydrogen (secondary N) is 1. The summed E-state index contributed by atoms with van der Waals surface area (Å²) in [6.45, 7) is 0.809. The summed E-state index contributed by atoms with van der Waals surface area (Å²) in [7, 11) is 0. The molecule has 0 spiro atoms. The molecule has 4 fully saturated rings. The Bertz CT molecular complexity index is 1230. The second kappa shape index (κ2) is 7.47. The van der Waals surface area contributed by atoms with Crippen molar-refractivity contribution in [3.8, 4) is 5.75 Å². The molecule has 1 atom stereocenters. The summed E-state index contributed by atoms with van der Waals surface area (Å²) in [6.07, 6.45) is 1.62. The number of hydrogen-bond acceptors (Lipinski definition) is 6. The van der Waals surface area contributed by atoms with Crippen molar-refractivity contribution in [2.75, 3.05) is 13.1 Å². The van der Waals surface area contributed by atoms with Gasteiger partial charge < -0.3 is 15.2 Å². The molecule has 3 aromatic rings. The van der Waals surface area contributed by atoms with Crippen molar-refractivity contribution < 1.29 is 27.4 Å². The van der Waals surface area contributed by atoms with E-state index in [0.29, 0.717) is 6.07 Å². The lowest BCUT2D eigenvalue weighted by Gasteiger charge is -2.74. The molecule has 0 unspecified atom stereocenters. The third-order valence-corrected chi connectivity index (χ3v) is 7.89. The van der Waals surface area contributed by atoms with Crippen LogP contribution in [0.5, 0.6) is 5.75 Å². The Morgan fingerprint density at radius 1 is 1.09 bits per heavy atom. The molecule has 7 nitrogen and oxygen atoms in total. The molecule has 1 saturated heterocycles. The number of alkyl halides is 2. The van der Waals surface area contributed by atoms with Crippen molar-refractivity contribution in [3.63, 3.8) is 0 Å². The van der Waals surface area contributed by atoms with E-state index in [9.17, 15) is 13.9 Å². The molecule has 2 heterocycles. The predicted octanol–water partition coefficient (Wildman–Crippen LogP) is 2.95. The number of nitrogens with zero attached hydrogens (tertiary/aromatic N) is 4. The fourth-order valence-corrected chi connectivity index (χ4v) is 5.96. The van der Waals surface area contributed by atoms with Crippen LogP contribution in [0, 0.1) is 17.0 Å². The van der Waals surface area contributed by atoms with Crippen molar-refractivity contribution in [1.29, 1.82) is 0 Å². The number of halogens is 4. The van der Waals surface area contributed by atoms with Gasteiger partial charge in [0.15, 0.2) is 5.60 Å². The highest BCUT2D eigenvalue weighted by Gasteiger charge is 2.82. The lowest BCUT2D eigenvalue weighted by molar-refractivity contribution is -0.347. The van der Waals surface area contributed by atoms with Gasteiger partial charge in [0.1, 0.15) is 29.8 Å². The summed E-state index contributed by atoms with van der Waals surface area (Å²) < 4.78 is 67.4. The molecule has 7 rings (SSSR count). The SMILES string of the molecule is O[C@@](Cn1cnnn1)(c1ccc(F)cc1F)C(F)(F)C12CC(c3ccc(OC4CNC4)cc3)(C1)C2. The average Bonchev–Trinajstić information content (AvgIpc) is 3.22. The van der Waals surface area contributed by atoms with E-state index in [-0.39, 0.29) is 25.4 Å². The highest BCUT2D eigenvalue weighted by atomic mass is 19.3. The van der Waals surface area contributed by atoms with Gasteiger partial charge in [0, 0.05) is 30.1 Å². The highest BCUT2D eigenvalue weighted by Crippen LogP contribution is 2.80. The third-order valence-electron chi connectivity index (χ3n) is 7.89. The normalized spacial score (nSPS) is 27.3. The zero-order chi connectivity index (χ0) is 24.5. The number of hydrogen-bond donors (Lipinski definition) is 2. The van der Waals surface area contributed by atoms with E-state index in [1.54, 1.807) is 0 Å². The minimum Gasteiger partial charge on any atom is -0.488 e. The van der Waals surface area contributed by atoms with Gasteiger partial charge in [0.05, 0.1) is 6.54 Å². The van der Waals surface area contributed by atoms with Gasteiger partial charge in [0.25, 0.3) is 5.92 Å². The Morgan fingerprint density at radius 3 is 2.37 bits per heavy atom. The van der Waals surface area contributed by atoms with Crippen molar-refractivity contribution >= 4 is 0 Å². The molecular formula is C24H23F4N5O2. The van der Waals surface area contributed by atoms with Crippen molar-refractivity contribution in [3.05, 3.63) is 71.6 Å². The van der Waals surface area contributed by atoms with Crippen LogP contribution in [0.2, 0.25) is 0 Å². The van der Waals surface area contributed by atoms with E-state index in [4.69, 9.17) is 4.74 Å². The average molecular weight is 489 g/mol. The second-order valence-electron chi connectivity index (χ2n) is 10.1. The Balaban J connectivity index is 1.27. The smallest absolute Gasteiger partial charge is 0.287 e. The highest BCUT2D eigenvalue weighted by molar-refractivity contribution is 5.44. The van der Waals surface area contributed by atoms with E-state index >= 15 is 8.78 Å². The van der Waals surface area contributed by atoms with Gasteiger partial charge in [-0.3, -0.25) is 0 Å². The van der Waals surface area contributed by atoms with Gasteiger partial charge in [-0.05, 0) is 64.9 Å². The van der Waals surface area contributed by atoms with Crippen LogP contribution in [0.3, 0.4) is 0 Å². The largest absolute Gasteiger partial charge is 0.488 e. The second-order valence-corrected chi connectivity index (χ2v) is 10.1.